The zero-order chi connectivity index (χ0) is 14.3. The normalized spacial score (nSPS) is 31.5. The standard InChI is InChI=1S/C15H20N2O3/c1-20-14-6-11(5-13(7-14)17(18)19)9-15(16)8-10-2-3-12(15)4-10/h5-7,10,12H,2-4,8-9,16H2,1H3. The molecule has 2 bridgehead atoms. The Balaban J connectivity index is 1.87. The molecular weight excluding hydrogens is 256 g/mol. The topological polar surface area (TPSA) is 78.4 Å². The molecule has 3 rings (SSSR count). The Morgan fingerprint density at radius 1 is 1.45 bits per heavy atom. The van der Waals surface area contributed by atoms with Crippen LogP contribution < -0.4 is 10.5 Å². The molecule has 108 valence electrons. The minimum absolute atomic E-state index is 0.0751. The molecule has 0 radical (unpaired) electrons. The van der Waals surface area contributed by atoms with Gasteiger partial charge in [-0.2, -0.15) is 0 Å². The number of hydrogen-bond donors (Lipinski definition) is 1. The van der Waals surface area contributed by atoms with Crippen molar-refractivity contribution >= 4 is 5.69 Å². The van der Waals surface area contributed by atoms with Gasteiger partial charge in [-0.25, -0.2) is 0 Å². The minimum atomic E-state index is -0.379. The number of nitrogens with zero attached hydrogens (tertiary/aromatic N) is 1. The summed E-state index contributed by atoms with van der Waals surface area (Å²) in [4.78, 5) is 10.6. The van der Waals surface area contributed by atoms with Gasteiger partial charge in [0, 0.05) is 11.6 Å². The smallest absolute Gasteiger partial charge is 0.273 e. The molecule has 20 heavy (non-hydrogen) atoms. The summed E-state index contributed by atoms with van der Waals surface area (Å²) in [6, 6.07) is 4.95. The van der Waals surface area contributed by atoms with Crippen LogP contribution in [0.25, 0.3) is 0 Å². The Morgan fingerprint density at radius 3 is 2.80 bits per heavy atom. The lowest BCUT2D eigenvalue weighted by molar-refractivity contribution is -0.385. The van der Waals surface area contributed by atoms with Gasteiger partial charge in [-0.3, -0.25) is 10.1 Å². The number of rotatable bonds is 4. The predicted octanol–water partition coefficient (Wildman–Crippen LogP) is 2.66. The Morgan fingerprint density at radius 2 is 2.25 bits per heavy atom. The summed E-state index contributed by atoms with van der Waals surface area (Å²) in [7, 11) is 1.53. The molecule has 1 aromatic rings. The van der Waals surface area contributed by atoms with E-state index in [1.807, 2.05) is 6.07 Å². The first kappa shape index (κ1) is 13.4. The number of non-ortho nitro benzene ring substituents is 1. The first-order valence-corrected chi connectivity index (χ1v) is 7.11. The molecule has 0 aromatic heterocycles. The molecule has 2 aliphatic carbocycles. The number of benzene rings is 1. The third kappa shape index (κ3) is 2.26. The van der Waals surface area contributed by atoms with Crippen LogP contribution in [0.3, 0.4) is 0 Å². The van der Waals surface area contributed by atoms with E-state index in [1.165, 1.54) is 32.4 Å². The molecule has 1 aromatic carbocycles. The zero-order valence-electron chi connectivity index (χ0n) is 11.7. The highest BCUT2D eigenvalue weighted by atomic mass is 16.6. The summed E-state index contributed by atoms with van der Waals surface area (Å²) in [5.41, 5.74) is 7.38. The number of nitro groups is 1. The minimum Gasteiger partial charge on any atom is -0.496 e. The fraction of sp³-hybridized carbons (Fsp3) is 0.600. The number of methoxy groups -OCH3 is 1. The maximum Gasteiger partial charge on any atom is 0.273 e. The third-order valence-corrected chi connectivity index (χ3v) is 4.95. The van der Waals surface area contributed by atoms with Crippen LogP contribution in [-0.2, 0) is 6.42 Å². The van der Waals surface area contributed by atoms with E-state index < -0.39 is 0 Å². The first-order valence-electron chi connectivity index (χ1n) is 7.11. The molecule has 5 heteroatoms. The largest absolute Gasteiger partial charge is 0.496 e. The van der Waals surface area contributed by atoms with E-state index in [1.54, 1.807) is 6.07 Å². The van der Waals surface area contributed by atoms with Gasteiger partial charge in [0.15, 0.2) is 0 Å². The Bertz CT molecular complexity index is 546. The van der Waals surface area contributed by atoms with Crippen molar-refractivity contribution in [1.29, 1.82) is 0 Å². The van der Waals surface area contributed by atoms with E-state index in [-0.39, 0.29) is 16.1 Å². The van der Waals surface area contributed by atoms with Gasteiger partial charge in [-0.05, 0) is 49.1 Å². The fourth-order valence-corrected chi connectivity index (χ4v) is 4.05. The Labute approximate surface area is 118 Å². The van der Waals surface area contributed by atoms with Crippen molar-refractivity contribution in [3.63, 3.8) is 0 Å². The van der Waals surface area contributed by atoms with Gasteiger partial charge in [0.2, 0.25) is 0 Å². The number of fused-ring (bicyclic) bond motifs is 2. The van der Waals surface area contributed by atoms with Crippen LogP contribution in [0.4, 0.5) is 5.69 Å². The van der Waals surface area contributed by atoms with Crippen molar-refractivity contribution < 1.29 is 9.66 Å². The molecule has 0 heterocycles. The van der Waals surface area contributed by atoms with E-state index in [4.69, 9.17) is 10.5 Å². The maximum absolute atomic E-state index is 11.0. The van der Waals surface area contributed by atoms with Crippen molar-refractivity contribution in [2.75, 3.05) is 7.11 Å². The van der Waals surface area contributed by atoms with Crippen molar-refractivity contribution in [3.05, 3.63) is 33.9 Å². The quantitative estimate of drug-likeness (QED) is 0.677. The third-order valence-electron chi connectivity index (χ3n) is 4.95. The van der Waals surface area contributed by atoms with Gasteiger partial charge in [-0.1, -0.05) is 6.42 Å². The molecule has 2 fully saturated rings. The number of hydrogen-bond acceptors (Lipinski definition) is 4. The monoisotopic (exact) mass is 276 g/mol. The molecule has 3 atom stereocenters. The van der Waals surface area contributed by atoms with Crippen LogP contribution in [0, 0.1) is 22.0 Å². The predicted molar refractivity (Wildman–Crippen MR) is 75.7 cm³/mol. The van der Waals surface area contributed by atoms with Crippen molar-refractivity contribution in [3.8, 4) is 5.75 Å². The lowest BCUT2D eigenvalue weighted by Crippen LogP contribution is -2.46. The molecule has 0 spiro atoms. The molecule has 2 aliphatic rings. The van der Waals surface area contributed by atoms with Crippen LogP contribution in [-0.4, -0.2) is 17.6 Å². The number of nitro benzene ring substituents is 1. The Hall–Kier alpha value is -1.62. The average molecular weight is 276 g/mol. The van der Waals surface area contributed by atoms with Gasteiger partial charge in [0.05, 0.1) is 18.1 Å². The summed E-state index contributed by atoms with van der Waals surface area (Å²) in [5.74, 6) is 1.85. The highest BCUT2D eigenvalue weighted by Crippen LogP contribution is 2.50. The van der Waals surface area contributed by atoms with Gasteiger partial charge >= 0.3 is 0 Å². The molecule has 2 saturated carbocycles. The molecule has 0 aliphatic heterocycles. The summed E-state index contributed by atoms with van der Waals surface area (Å²) in [5, 5.41) is 11.0. The van der Waals surface area contributed by atoms with Gasteiger partial charge in [0.1, 0.15) is 5.75 Å². The number of nitrogens with two attached hydrogens (primary N) is 1. The van der Waals surface area contributed by atoms with Gasteiger partial charge < -0.3 is 10.5 Å². The van der Waals surface area contributed by atoms with E-state index in [2.05, 4.69) is 0 Å². The SMILES string of the molecule is COc1cc(CC2(N)CC3CCC2C3)cc([N+](=O)[O-])c1. The van der Waals surface area contributed by atoms with Crippen LogP contribution in [0.5, 0.6) is 5.75 Å². The molecule has 3 unspecified atom stereocenters. The highest BCUT2D eigenvalue weighted by molar-refractivity contribution is 5.43. The second-order valence-electron chi connectivity index (χ2n) is 6.29. The van der Waals surface area contributed by atoms with E-state index >= 15 is 0 Å². The number of ether oxygens (including phenoxy) is 1. The molecule has 5 nitrogen and oxygen atoms in total. The molecular formula is C15H20N2O3. The summed E-state index contributed by atoms with van der Waals surface area (Å²) in [6.07, 6.45) is 5.46. The van der Waals surface area contributed by atoms with Gasteiger partial charge in [-0.15, -0.1) is 0 Å². The van der Waals surface area contributed by atoms with Crippen LogP contribution >= 0.6 is 0 Å². The van der Waals surface area contributed by atoms with E-state index in [0.717, 1.165) is 17.9 Å². The summed E-state index contributed by atoms with van der Waals surface area (Å²) >= 11 is 0. The second kappa shape index (κ2) is 4.74. The summed E-state index contributed by atoms with van der Waals surface area (Å²) in [6.45, 7) is 0. The first-order chi connectivity index (χ1) is 9.50. The fourth-order valence-electron chi connectivity index (χ4n) is 4.05. The van der Waals surface area contributed by atoms with Crippen molar-refractivity contribution in [1.82, 2.24) is 0 Å². The van der Waals surface area contributed by atoms with E-state index in [0.29, 0.717) is 18.1 Å². The van der Waals surface area contributed by atoms with Crippen LogP contribution in [0.15, 0.2) is 18.2 Å². The van der Waals surface area contributed by atoms with E-state index in [9.17, 15) is 10.1 Å². The van der Waals surface area contributed by atoms with Crippen molar-refractivity contribution in [2.45, 2.75) is 37.6 Å². The second-order valence-corrected chi connectivity index (χ2v) is 6.29. The molecule has 0 amide bonds. The van der Waals surface area contributed by atoms with Crippen LogP contribution in [0.1, 0.15) is 31.2 Å². The molecule has 2 N–H and O–H groups in total. The Kier molecular flexibility index (Phi) is 3.17. The zero-order valence-corrected chi connectivity index (χ0v) is 11.7. The average Bonchev–Trinajstić information content (AvgIpc) is 2.97. The van der Waals surface area contributed by atoms with Gasteiger partial charge in [0.25, 0.3) is 5.69 Å². The lowest BCUT2D eigenvalue weighted by Gasteiger charge is -2.34. The lowest BCUT2D eigenvalue weighted by atomic mass is 9.77. The molecule has 0 saturated heterocycles. The maximum atomic E-state index is 11.0. The van der Waals surface area contributed by atoms with Crippen molar-refractivity contribution in [2.24, 2.45) is 17.6 Å². The highest BCUT2D eigenvalue weighted by Gasteiger charge is 2.48. The van der Waals surface area contributed by atoms with Crippen LogP contribution in [0.2, 0.25) is 0 Å². The summed E-state index contributed by atoms with van der Waals surface area (Å²) < 4.78 is 5.16.